The number of nitrogens with zero attached hydrogens (tertiary/aromatic N) is 5. The molecule has 0 saturated carbocycles. The molecule has 1 aromatic heterocycles. The van der Waals surface area contributed by atoms with E-state index >= 15 is 0 Å². The topological polar surface area (TPSA) is 230 Å². The molecule has 380 valence electrons. The van der Waals surface area contributed by atoms with Crippen molar-refractivity contribution in [2.75, 3.05) is 64.2 Å². The summed E-state index contributed by atoms with van der Waals surface area (Å²) in [5.41, 5.74) is 4.70. The van der Waals surface area contributed by atoms with Crippen LogP contribution in [0.25, 0.3) is 11.4 Å². The Morgan fingerprint density at radius 1 is 0.771 bits per heavy atom. The fourth-order valence-corrected chi connectivity index (χ4v) is 9.28. The predicted octanol–water partition coefficient (Wildman–Crippen LogP) is 8.09. The SMILES string of the molecule is CCN1/C(=C/C=C/C(=C\CCCCCCC(=O)NCCOCCOCCOCCOc2ccc(-c3nnc(C)nn3)cc2)C(C)(C)c2cc(S(=O)(=O)O)ccc2C)C(C)(C)c2cc(S(=O)(=O)O)ccc21. The number of hydrogen-bond acceptors (Lipinski definition) is 14. The molecule has 17 nitrogen and oxygen atoms in total. The van der Waals surface area contributed by atoms with E-state index in [9.17, 15) is 30.7 Å². The second kappa shape index (κ2) is 25.6. The number of fused-ring (bicyclic) bond motifs is 1. The molecule has 0 unspecified atom stereocenters. The molecule has 70 heavy (non-hydrogen) atoms. The van der Waals surface area contributed by atoms with Gasteiger partial charge in [-0.25, -0.2) is 0 Å². The van der Waals surface area contributed by atoms with Gasteiger partial charge in [0.2, 0.25) is 11.7 Å². The van der Waals surface area contributed by atoms with Gasteiger partial charge in [0.05, 0.1) is 49.4 Å². The van der Waals surface area contributed by atoms with E-state index in [1.807, 2.05) is 84.0 Å². The first-order valence-electron chi connectivity index (χ1n) is 23.6. The number of aryl methyl sites for hydroxylation is 2. The van der Waals surface area contributed by atoms with Crippen LogP contribution in [0.3, 0.4) is 0 Å². The summed E-state index contributed by atoms with van der Waals surface area (Å²) in [4.78, 5) is 14.3. The first-order valence-corrected chi connectivity index (χ1v) is 26.5. The normalized spacial score (nSPS) is 14.7. The van der Waals surface area contributed by atoms with Crippen molar-refractivity contribution in [3.63, 3.8) is 0 Å². The lowest BCUT2D eigenvalue weighted by atomic mass is 9.75. The van der Waals surface area contributed by atoms with Gasteiger partial charge in [-0.2, -0.15) is 16.8 Å². The number of carbonyl (C=O) groups excluding carboxylic acids is 1. The van der Waals surface area contributed by atoms with E-state index in [2.05, 4.69) is 36.7 Å². The van der Waals surface area contributed by atoms with Crippen LogP contribution in [0.2, 0.25) is 0 Å². The molecular weight excluding hydrogens is 937 g/mol. The van der Waals surface area contributed by atoms with Crippen molar-refractivity contribution in [2.45, 2.75) is 108 Å². The van der Waals surface area contributed by atoms with Crippen LogP contribution in [0.5, 0.6) is 5.75 Å². The van der Waals surface area contributed by atoms with Gasteiger partial charge in [-0.3, -0.25) is 13.9 Å². The molecule has 3 aromatic carbocycles. The fraction of sp³-hybridized carbons (Fsp3) is 0.471. The van der Waals surface area contributed by atoms with Gasteiger partial charge in [-0.15, -0.1) is 20.4 Å². The average Bonchev–Trinajstić information content (AvgIpc) is 3.53. The van der Waals surface area contributed by atoms with Crippen molar-refractivity contribution in [3.05, 3.63) is 119 Å². The Bertz CT molecular complexity index is 2690. The Balaban J connectivity index is 1.01. The summed E-state index contributed by atoms with van der Waals surface area (Å²) in [6, 6.07) is 16.6. The smallest absolute Gasteiger partial charge is 0.294 e. The number of anilines is 1. The zero-order chi connectivity index (χ0) is 51.0. The number of likely N-dealkylation sites (N-methyl/N-ethyl adjacent to an activating group) is 1. The number of benzene rings is 3. The summed E-state index contributed by atoms with van der Waals surface area (Å²) in [6.45, 7) is 17.6. The second-order valence-corrected chi connectivity index (χ2v) is 20.8. The highest BCUT2D eigenvalue weighted by Crippen LogP contribution is 2.48. The molecule has 0 saturated heterocycles. The van der Waals surface area contributed by atoms with Gasteiger partial charge in [0, 0.05) is 47.3 Å². The molecular formula is C51H68N6O11S2. The molecule has 5 rings (SSSR count). The second-order valence-electron chi connectivity index (χ2n) is 18.0. The molecule has 1 aliphatic heterocycles. The van der Waals surface area contributed by atoms with Gasteiger partial charge < -0.3 is 29.2 Å². The molecule has 0 aliphatic carbocycles. The molecule has 4 aromatic rings. The van der Waals surface area contributed by atoms with Crippen LogP contribution in [-0.4, -0.2) is 112 Å². The largest absolute Gasteiger partial charge is 0.491 e. The lowest BCUT2D eigenvalue weighted by molar-refractivity contribution is -0.121. The first kappa shape index (κ1) is 55.5. The Hall–Kier alpha value is -5.41. The molecule has 19 heteroatoms. The van der Waals surface area contributed by atoms with Crippen LogP contribution >= 0.6 is 0 Å². The third-order valence-corrected chi connectivity index (χ3v) is 13.8. The van der Waals surface area contributed by atoms with E-state index in [4.69, 9.17) is 18.9 Å². The number of rotatable bonds is 28. The highest BCUT2D eigenvalue weighted by atomic mass is 32.2. The van der Waals surface area contributed by atoms with Crippen LogP contribution in [0.4, 0.5) is 5.69 Å². The monoisotopic (exact) mass is 1000 g/mol. The van der Waals surface area contributed by atoms with E-state index in [1.165, 1.54) is 24.3 Å². The lowest BCUT2D eigenvalue weighted by Gasteiger charge is -2.30. The van der Waals surface area contributed by atoms with Crippen molar-refractivity contribution >= 4 is 31.8 Å². The van der Waals surface area contributed by atoms with Crippen molar-refractivity contribution < 1.29 is 49.7 Å². The summed E-state index contributed by atoms with van der Waals surface area (Å²) in [5.74, 6) is 1.64. The van der Waals surface area contributed by atoms with Crippen LogP contribution in [0.1, 0.15) is 95.7 Å². The number of allylic oxidation sites excluding steroid dienone is 6. The Morgan fingerprint density at radius 3 is 2.01 bits per heavy atom. The fourth-order valence-electron chi connectivity index (χ4n) is 8.27. The molecule has 0 fully saturated rings. The number of carbonyl (C=O) groups is 1. The van der Waals surface area contributed by atoms with Crippen LogP contribution < -0.4 is 15.0 Å². The molecule has 2 heterocycles. The average molecular weight is 1010 g/mol. The van der Waals surface area contributed by atoms with Gasteiger partial charge in [0.1, 0.15) is 12.4 Å². The minimum atomic E-state index is -4.43. The summed E-state index contributed by atoms with van der Waals surface area (Å²) in [6.07, 6.45) is 12.7. The minimum absolute atomic E-state index is 0.0235. The van der Waals surface area contributed by atoms with E-state index < -0.39 is 31.1 Å². The summed E-state index contributed by atoms with van der Waals surface area (Å²) in [5, 5.41) is 18.8. The Kier molecular flexibility index (Phi) is 20.3. The van der Waals surface area contributed by atoms with Crippen molar-refractivity contribution in [1.29, 1.82) is 0 Å². The van der Waals surface area contributed by atoms with Crippen LogP contribution in [-0.2, 0) is 50.1 Å². The van der Waals surface area contributed by atoms with Gasteiger partial charge in [0.15, 0.2) is 5.82 Å². The van der Waals surface area contributed by atoms with Crippen molar-refractivity contribution in [2.24, 2.45) is 0 Å². The van der Waals surface area contributed by atoms with E-state index in [-0.39, 0.29) is 15.7 Å². The maximum Gasteiger partial charge on any atom is 0.294 e. The zero-order valence-corrected chi connectivity index (χ0v) is 42.9. The van der Waals surface area contributed by atoms with Crippen LogP contribution in [0.15, 0.2) is 106 Å². The zero-order valence-electron chi connectivity index (χ0n) is 41.3. The third kappa shape index (κ3) is 15.8. The number of hydrogen-bond donors (Lipinski definition) is 3. The Morgan fingerprint density at radius 2 is 1.37 bits per heavy atom. The number of aromatic nitrogens is 4. The van der Waals surface area contributed by atoms with E-state index in [0.717, 1.165) is 71.3 Å². The lowest BCUT2D eigenvalue weighted by Crippen LogP contribution is -2.27. The maximum absolute atomic E-state index is 12.5. The molecule has 0 radical (unpaired) electrons. The third-order valence-electron chi connectivity index (χ3n) is 12.1. The Labute approximate surface area is 413 Å². The van der Waals surface area contributed by atoms with E-state index in [1.54, 1.807) is 19.1 Å². The van der Waals surface area contributed by atoms with Gasteiger partial charge in [-0.05, 0) is 123 Å². The molecule has 0 atom stereocenters. The molecule has 0 spiro atoms. The number of amides is 1. The van der Waals surface area contributed by atoms with Crippen molar-refractivity contribution in [3.8, 4) is 17.1 Å². The van der Waals surface area contributed by atoms with Gasteiger partial charge in [0.25, 0.3) is 20.2 Å². The van der Waals surface area contributed by atoms with E-state index in [0.29, 0.717) is 83.2 Å². The highest BCUT2D eigenvalue weighted by Gasteiger charge is 2.40. The van der Waals surface area contributed by atoms with Crippen LogP contribution in [0, 0.1) is 13.8 Å². The quantitative estimate of drug-likeness (QED) is 0.0277. The highest BCUT2D eigenvalue weighted by molar-refractivity contribution is 7.86. The minimum Gasteiger partial charge on any atom is -0.491 e. The summed E-state index contributed by atoms with van der Waals surface area (Å²) < 4.78 is 90.4. The standard InChI is InChI=1S/C51H68N6O11S2/c1-8-57-46-26-25-43(70(62,63)64)36-45(46)51(6,7)47(57)17-14-16-40(50(4,5)44-35-42(69(59,60)61)24-19-37(44)2)15-12-10-9-11-13-18-48(58)52-27-28-65-29-30-66-31-32-67-33-34-68-41-22-20-39(21-23-41)49-55-53-38(3)54-56-49/h14-17,19-26,35-36H,8-13,18,27-34H2,1-7H3,(H,52,58)(H,59,60,61)(H,62,63,64)/b16-14+,40-15+,47-17+. The van der Waals surface area contributed by atoms with Gasteiger partial charge in [-0.1, -0.05) is 64.8 Å². The van der Waals surface area contributed by atoms with Gasteiger partial charge >= 0.3 is 0 Å². The summed E-state index contributed by atoms with van der Waals surface area (Å²) in [7, 11) is -8.82. The number of nitrogens with one attached hydrogen (secondary N) is 1. The molecule has 1 aliphatic rings. The number of unbranched alkanes of at least 4 members (excludes halogenated alkanes) is 4. The van der Waals surface area contributed by atoms with Crippen molar-refractivity contribution in [1.82, 2.24) is 25.7 Å². The number of ether oxygens (including phenoxy) is 4. The molecule has 1 amide bonds. The maximum atomic E-state index is 12.5. The molecule has 3 N–H and O–H groups in total. The first-order chi connectivity index (χ1) is 33.2. The summed E-state index contributed by atoms with van der Waals surface area (Å²) >= 11 is 0. The molecule has 0 bridgehead atoms. The predicted molar refractivity (Wildman–Crippen MR) is 268 cm³/mol.